The summed E-state index contributed by atoms with van der Waals surface area (Å²) in [4.78, 5) is 10.8. The summed E-state index contributed by atoms with van der Waals surface area (Å²) < 4.78 is 0. The van der Waals surface area contributed by atoms with Gasteiger partial charge in [-0.05, 0) is 12.1 Å². The maximum absolute atomic E-state index is 4.51. The monoisotopic (exact) mass is 245 g/mol. The first-order valence-corrected chi connectivity index (χ1v) is 5.94. The van der Waals surface area contributed by atoms with Crippen LogP contribution in [0.4, 0.5) is 5.82 Å². The summed E-state index contributed by atoms with van der Waals surface area (Å²) in [6, 6.07) is 3.94. The lowest BCUT2D eigenvalue weighted by molar-refractivity contribution is 0.548. The number of hydrogen-bond acceptors (Lipinski definition) is 4. The Hall–Kier alpha value is -1.91. The van der Waals surface area contributed by atoms with Crippen molar-refractivity contribution in [2.75, 3.05) is 19.0 Å². The van der Waals surface area contributed by atoms with E-state index >= 15 is 0 Å². The minimum Gasteiger partial charge on any atom is -0.363 e. The third-order valence-electron chi connectivity index (χ3n) is 2.66. The lowest BCUT2D eigenvalue weighted by atomic mass is 9.96. The minimum absolute atomic E-state index is 0.0255. The maximum atomic E-state index is 4.51. The van der Waals surface area contributed by atoms with Crippen LogP contribution in [-0.2, 0) is 5.41 Å². The molecule has 0 amide bonds. The van der Waals surface area contributed by atoms with E-state index in [9.17, 15) is 0 Å². The molecule has 2 aromatic rings. The Morgan fingerprint density at radius 1 is 1.17 bits per heavy atom. The summed E-state index contributed by atoms with van der Waals surface area (Å²) in [6.07, 6.45) is 1.80. The van der Waals surface area contributed by atoms with E-state index in [0.717, 1.165) is 17.2 Å². The topological polar surface area (TPSA) is 57.7 Å². The second-order valence-electron chi connectivity index (χ2n) is 5.56. The SMILES string of the molecule is CN(C)c1ccc(-c2n[nH]c(C(C)(C)C)n2)cn1. The largest absolute Gasteiger partial charge is 0.363 e. The Kier molecular flexibility index (Phi) is 3.07. The van der Waals surface area contributed by atoms with Crippen molar-refractivity contribution in [2.45, 2.75) is 26.2 Å². The van der Waals surface area contributed by atoms with Crippen LogP contribution in [0.1, 0.15) is 26.6 Å². The van der Waals surface area contributed by atoms with Gasteiger partial charge in [-0.2, -0.15) is 5.10 Å². The molecule has 0 unspecified atom stereocenters. The molecule has 18 heavy (non-hydrogen) atoms. The molecule has 1 N–H and O–H groups in total. The summed E-state index contributed by atoms with van der Waals surface area (Å²) >= 11 is 0. The molecule has 2 rings (SSSR count). The lowest BCUT2D eigenvalue weighted by Gasteiger charge is -2.13. The van der Waals surface area contributed by atoms with Gasteiger partial charge in [0.2, 0.25) is 0 Å². The molecule has 0 bridgehead atoms. The highest BCUT2D eigenvalue weighted by Crippen LogP contribution is 2.22. The number of H-pyrrole nitrogens is 1. The smallest absolute Gasteiger partial charge is 0.182 e. The van der Waals surface area contributed by atoms with E-state index in [2.05, 4.69) is 40.9 Å². The summed E-state index contributed by atoms with van der Waals surface area (Å²) in [5.74, 6) is 2.50. The number of nitrogens with zero attached hydrogens (tertiary/aromatic N) is 4. The molecule has 0 saturated heterocycles. The van der Waals surface area contributed by atoms with Crippen molar-refractivity contribution in [3.63, 3.8) is 0 Å². The number of hydrogen-bond donors (Lipinski definition) is 1. The number of nitrogens with one attached hydrogen (secondary N) is 1. The van der Waals surface area contributed by atoms with Crippen LogP contribution in [0.2, 0.25) is 0 Å². The highest BCUT2D eigenvalue weighted by Gasteiger charge is 2.19. The van der Waals surface area contributed by atoms with E-state index in [4.69, 9.17) is 0 Å². The molecule has 2 heterocycles. The van der Waals surface area contributed by atoms with Crippen LogP contribution in [0.15, 0.2) is 18.3 Å². The zero-order valence-electron chi connectivity index (χ0n) is 11.5. The van der Waals surface area contributed by atoms with Crippen molar-refractivity contribution in [1.29, 1.82) is 0 Å². The molecule has 0 saturated carbocycles. The Bertz CT molecular complexity index is 519. The summed E-state index contributed by atoms with van der Waals surface area (Å²) in [6.45, 7) is 6.31. The van der Waals surface area contributed by atoms with Gasteiger partial charge in [0.05, 0.1) is 0 Å². The first kappa shape index (κ1) is 12.5. The molecule has 0 radical (unpaired) electrons. The maximum Gasteiger partial charge on any atom is 0.182 e. The van der Waals surface area contributed by atoms with Crippen LogP contribution < -0.4 is 4.90 Å². The fourth-order valence-electron chi connectivity index (χ4n) is 1.51. The average molecular weight is 245 g/mol. The van der Waals surface area contributed by atoms with Gasteiger partial charge < -0.3 is 4.90 Å². The molecule has 0 aromatic carbocycles. The number of aromatic amines is 1. The van der Waals surface area contributed by atoms with Crippen molar-refractivity contribution in [2.24, 2.45) is 0 Å². The zero-order chi connectivity index (χ0) is 13.3. The van der Waals surface area contributed by atoms with Crippen molar-refractivity contribution in [1.82, 2.24) is 20.2 Å². The number of pyridine rings is 1. The van der Waals surface area contributed by atoms with Crippen molar-refractivity contribution < 1.29 is 0 Å². The van der Waals surface area contributed by atoms with Gasteiger partial charge >= 0.3 is 0 Å². The third-order valence-corrected chi connectivity index (χ3v) is 2.66. The quantitative estimate of drug-likeness (QED) is 0.881. The van der Waals surface area contributed by atoms with Crippen LogP contribution in [0.25, 0.3) is 11.4 Å². The summed E-state index contributed by atoms with van der Waals surface area (Å²) in [5.41, 5.74) is 0.898. The van der Waals surface area contributed by atoms with Crippen LogP contribution in [0, 0.1) is 0 Å². The number of anilines is 1. The van der Waals surface area contributed by atoms with Crippen molar-refractivity contribution >= 4 is 5.82 Å². The first-order chi connectivity index (χ1) is 8.38. The Labute approximate surface area is 107 Å². The molecule has 0 atom stereocenters. The van der Waals surface area contributed by atoms with Crippen LogP contribution >= 0.6 is 0 Å². The molecule has 0 aliphatic carbocycles. The number of aromatic nitrogens is 4. The van der Waals surface area contributed by atoms with Crippen molar-refractivity contribution in [3.05, 3.63) is 24.2 Å². The predicted octanol–water partition coefficient (Wildman–Crippen LogP) is 2.23. The van der Waals surface area contributed by atoms with E-state index in [1.54, 1.807) is 6.20 Å². The van der Waals surface area contributed by atoms with Gasteiger partial charge in [-0.25, -0.2) is 9.97 Å². The third kappa shape index (κ3) is 2.50. The van der Waals surface area contributed by atoms with Crippen LogP contribution in [0.5, 0.6) is 0 Å². The van der Waals surface area contributed by atoms with E-state index in [1.165, 1.54) is 0 Å². The predicted molar refractivity (Wildman–Crippen MR) is 72.6 cm³/mol. The molecule has 0 fully saturated rings. The van der Waals surface area contributed by atoms with Crippen LogP contribution in [0.3, 0.4) is 0 Å². The molecular weight excluding hydrogens is 226 g/mol. The van der Waals surface area contributed by atoms with E-state index in [-0.39, 0.29) is 5.41 Å². The average Bonchev–Trinajstić information content (AvgIpc) is 2.78. The number of rotatable bonds is 2. The molecule has 2 aromatic heterocycles. The van der Waals surface area contributed by atoms with Gasteiger partial charge in [-0.1, -0.05) is 20.8 Å². The van der Waals surface area contributed by atoms with E-state index in [0.29, 0.717) is 5.82 Å². The molecular formula is C13H19N5. The second kappa shape index (κ2) is 4.40. The van der Waals surface area contributed by atoms with E-state index < -0.39 is 0 Å². The lowest BCUT2D eigenvalue weighted by Crippen LogP contribution is -2.13. The van der Waals surface area contributed by atoms with Crippen molar-refractivity contribution in [3.8, 4) is 11.4 Å². The Morgan fingerprint density at radius 3 is 2.33 bits per heavy atom. The molecule has 5 nitrogen and oxygen atoms in total. The normalized spacial score (nSPS) is 11.6. The van der Waals surface area contributed by atoms with E-state index in [1.807, 2.05) is 31.1 Å². The second-order valence-corrected chi connectivity index (χ2v) is 5.56. The fraction of sp³-hybridized carbons (Fsp3) is 0.462. The fourth-order valence-corrected chi connectivity index (χ4v) is 1.51. The summed E-state index contributed by atoms with van der Waals surface area (Å²) in [7, 11) is 3.93. The van der Waals surface area contributed by atoms with Gasteiger partial charge in [0, 0.05) is 31.3 Å². The van der Waals surface area contributed by atoms with Gasteiger partial charge in [-0.15, -0.1) is 0 Å². The summed E-state index contributed by atoms with van der Waals surface area (Å²) in [5, 5.41) is 7.22. The minimum atomic E-state index is -0.0255. The van der Waals surface area contributed by atoms with Gasteiger partial charge in [0.1, 0.15) is 11.6 Å². The van der Waals surface area contributed by atoms with Gasteiger partial charge in [-0.3, -0.25) is 5.10 Å². The molecule has 96 valence electrons. The Balaban J connectivity index is 2.29. The van der Waals surface area contributed by atoms with Gasteiger partial charge in [0.25, 0.3) is 0 Å². The molecule has 0 spiro atoms. The highest BCUT2D eigenvalue weighted by atomic mass is 15.2. The first-order valence-electron chi connectivity index (χ1n) is 5.94. The zero-order valence-corrected chi connectivity index (χ0v) is 11.5. The van der Waals surface area contributed by atoms with Gasteiger partial charge in [0.15, 0.2) is 5.82 Å². The molecule has 0 aliphatic heterocycles. The standard InChI is InChI=1S/C13H19N5/c1-13(2,3)12-15-11(16-17-12)9-6-7-10(14-8-9)18(4)5/h6-8H,1-5H3,(H,15,16,17). The van der Waals surface area contributed by atoms with Crippen LogP contribution in [-0.4, -0.2) is 34.3 Å². The Morgan fingerprint density at radius 2 is 1.89 bits per heavy atom. The molecule has 5 heteroatoms. The highest BCUT2D eigenvalue weighted by molar-refractivity contribution is 5.55. The molecule has 0 aliphatic rings.